The Bertz CT molecular complexity index is 1420. The molecule has 172 valence electrons. The van der Waals surface area contributed by atoms with Crippen LogP contribution >= 0.6 is 23.2 Å². The van der Waals surface area contributed by atoms with Gasteiger partial charge < -0.3 is 18.9 Å². The van der Waals surface area contributed by atoms with Gasteiger partial charge in [-0.2, -0.15) is 0 Å². The lowest BCUT2D eigenvalue weighted by Crippen LogP contribution is -2.25. The topological polar surface area (TPSA) is 56.6 Å². The molecule has 1 fully saturated rings. The minimum absolute atomic E-state index is 0.0455. The summed E-state index contributed by atoms with van der Waals surface area (Å²) in [5.41, 5.74) is 3.76. The van der Waals surface area contributed by atoms with Crippen LogP contribution in [0.5, 0.6) is 11.5 Å². The third kappa shape index (κ3) is 3.77. The molecule has 6 nitrogen and oxygen atoms in total. The molecule has 1 atom stereocenters. The van der Waals surface area contributed by atoms with Crippen molar-refractivity contribution >= 4 is 45.8 Å². The molecule has 8 heteroatoms. The van der Waals surface area contributed by atoms with Gasteiger partial charge in [0, 0.05) is 37.2 Å². The van der Waals surface area contributed by atoms with Crippen molar-refractivity contribution < 1.29 is 14.3 Å². The highest BCUT2D eigenvalue weighted by Gasteiger charge is 2.35. The molecular formula is C26H21Cl2N3O3. The quantitative estimate of drug-likeness (QED) is 0.366. The summed E-state index contributed by atoms with van der Waals surface area (Å²) in [5, 5.41) is 1.04. The van der Waals surface area contributed by atoms with Gasteiger partial charge in [0.2, 0.25) is 5.91 Å². The molecule has 34 heavy (non-hydrogen) atoms. The van der Waals surface area contributed by atoms with Gasteiger partial charge in [-0.1, -0.05) is 41.4 Å². The Morgan fingerprint density at radius 1 is 0.941 bits per heavy atom. The van der Waals surface area contributed by atoms with E-state index in [4.69, 9.17) is 37.7 Å². The van der Waals surface area contributed by atoms with Gasteiger partial charge in [-0.25, -0.2) is 4.98 Å². The zero-order valence-corrected chi connectivity index (χ0v) is 19.7. The molecule has 1 aromatic heterocycles. The normalized spacial score (nSPS) is 17.5. The molecule has 2 aliphatic heterocycles. The summed E-state index contributed by atoms with van der Waals surface area (Å²) >= 11 is 12.4. The minimum atomic E-state index is -0.0455. The second-order valence-corrected chi connectivity index (χ2v) is 9.34. The number of amides is 1. The summed E-state index contributed by atoms with van der Waals surface area (Å²) in [6, 6.07) is 19.3. The van der Waals surface area contributed by atoms with Crippen molar-refractivity contribution in [1.29, 1.82) is 0 Å². The van der Waals surface area contributed by atoms with Crippen LogP contribution in [0.4, 0.5) is 5.69 Å². The molecule has 4 aromatic rings. The maximum Gasteiger partial charge on any atom is 0.227 e. The summed E-state index contributed by atoms with van der Waals surface area (Å²) in [7, 11) is 0. The third-order valence-electron chi connectivity index (χ3n) is 6.34. The Morgan fingerprint density at radius 2 is 1.76 bits per heavy atom. The number of benzene rings is 3. The largest absolute Gasteiger partial charge is 0.486 e. The predicted molar refractivity (Wildman–Crippen MR) is 132 cm³/mol. The highest BCUT2D eigenvalue weighted by molar-refractivity contribution is 6.42. The Kier molecular flexibility index (Phi) is 5.35. The monoisotopic (exact) mass is 493 g/mol. The Morgan fingerprint density at radius 3 is 2.62 bits per heavy atom. The maximum absolute atomic E-state index is 13.1. The summed E-state index contributed by atoms with van der Waals surface area (Å²) in [6.45, 7) is 2.17. The van der Waals surface area contributed by atoms with Crippen molar-refractivity contribution in [2.45, 2.75) is 18.9 Å². The van der Waals surface area contributed by atoms with E-state index in [0.29, 0.717) is 54.3 Å². The zero-order chi connectivity index (χ0) is 23.2. The first kappa shape index (κ1) is 21.3. The standard InChI is InChI=1S/C26H21Cl2N3O3/c27-19-7-5-16(11-20(19)28)14-31-22-4-2-1-3-21(22)29-26(31)17-12-25(32)30(15-17)18-6-8-23-24(13-18)34-10-9-33-23/h1-8,11,13,17H,9-10,12,14-15H2. The number of nitrogens with zero attached hydrogens (tertiary/aromatic N) is 3. The summed E-state index contributed by atoms with van der Waals surface area (Å²) in [5.74, 6) is 2.29. The molecule has 2 aliphatic rings. The number of rotatable bonds is 4. The highest BCUT2D eigenvalue weighted by atomic mass is 35.5. The van der Waals surface area contributed by atoms with E-state index in [2.05, 4.69) is 10.6 Å². The second kappa shape index (κ2) is 8.53. The first-order valence-electron chi connectivity index (χ1n) is 11.2. The van der Waals surface area contributed by atoms with Gasteiger partial charge in [0.15, 0.2) is 11.5 Å². The van der Waals surface area contributed by atoms with Crippen LogP contribution in [0.15, 0.2) is 60.7 Å². The van der Waals surface area contributed by atoms with Crippen LogP contribution in [-0.2, 0) is 11.3 Å². The Hall–Kier alpha value is -3.22. The van der Waals surface area contributed by atoms with Crippen molar-refractivity contribution in [2.75, 3.05) is 24.7 Å². The van der Waals surface area contributed by atoms with E-state index in [9.17, 15) is 4.79 Å². The molecule has 1 unspecified atom stereocenters. The van der Waals surface area contributed by atoms with Gasteiger partial charge in [-0.3, -0.25) is 4.79 Å². The van der Waals surface area contributed by atoms with E-state index in [-0.39, 0.29) is 11.8 Å². The number of imidazole rings is 1. The van der Waals surface area contributed by atoms with E-state index in [0.717, 1.165) is 28.1 Å². The number of hydrogen-bond acceptors (Lipinski definition) is 4. The molecule has 6 rings (SSSR count). The van der Waals surface area contributed by atoms with Gasteiger partial charge >= 0.3 is 0 Å². The lowest BCUT2D eigenvalue weighted by Gasteiger charge is -2.22. The summed E-state index contributed by atoms with van der Waals surface area (Å²) in [6.07, 6.45) is 0.388. The molecule has 0 aliphatic carbocycles. The van der Waals surface area contributed by atoms with Crippen molar-refractivity contribution in [3.05, 3.63) is 82.1 Å². The average Bonchev–Trinajstić information content (AvgIpc) is 3.41. The lowest BCUT2D eigenvalue weighted by molar-refractivity contribution is -0.117. The van der Waals surface area contributed by atoms with E-state index in [1.165, 1.54) is 0 Å². The molecule has 0 bridgehead atoms. The number of carbonyl (C=O) groups excluding carboxylic acids is 1. The van der Waals surface area contributed by atoms with Crippen LogP contribution in [0.2, 0.25) is 10.0 Å². The van der Waals surface area contributed by atoms with Gasteiger partial charge in [0.25, 0.3) is 0 Å². The van der Waals surface area contributed by atoms with E-state index in [1.807, 2.05) is 53.4 Å². The average molecular weight is 494 g/mol. The summed E-state index contributed by atoms with van der Waals surface area (Å²) in [4.78, 5) is 19.8. The SMILES string of the molecule is O=C1CC(c2nc3ccccc3n2Cc2ccc(Cl)c(Cl)c2)CN1c1ccc2c(c1)OCCO2. The van der Waals surface area contributed by atoms with Crippen molar-refractivity contribution in [3.8, 4) is 11.5 Å². The number of ether oxygens (including phenoxy) is 2. The van der Waals surface area contributed by atoms with Crippen LogP contribution in [0.3, 0.4) is 0 Å². The smallest absolute Gasteiger partial charge is 0.227 e. The fraction of sp³-hybridized carbons (Fsp3) is 0.231. The molecule has 1 saturated heterocycles. The Balaban J connectivity index is 1.35. The lowest BCUT2D eigenvalue weighted by atomic mass is 10.1. The number of hydrogen-bond donors (Lipinski definition) is 0. The van der Waals surface area contributed by atoms with Crippen LogP contribution < -0.4 is 14.4 Å². The molecular weight excluding hydrogens is 473 g/mol. The van der Waals surface area contributed by atoms with E-state index in [1.54, 1.807) is 6.07 Å². The molecule has 3 heterocycles. The fourth-order valence-corrected chi connectivity index (χ4v) is 5.04. The zero-order valence-electron chi connectivity index (χ0n) is 18.2. The van der Waals surface area contributed by atoms with Gasteiger partial charge in [0.1, 0.15) is 19.0 Å². The number of carbonyl (C=O) groups is 1. The van der Waals surface area contributed by atoms with Gasteiger partial charge in [-0.15, -0.1) is 0 Å². The number of aromatic nitrogens is 2. The summed E-state index contributed by atoms with van der Waals surface area (Å²) < 4.78 is 13.5. The fourth-order valence-electron chi connectivity index (χ4n) is 4.72. The predicted octanol–water partition coefficient (Wildman–Crippen LogP) is 5.68. The van der Waals surface area contributed by atoms with Crippen LogP contribution in [0.1, 0.15) is 23.7 Å². The van der Waals surface area contributed by atoms with Gasteiger partial charge in [-0.05, 0) is 42.0 Å². The number of fused-ring (bicyclic) bond motifs is 2. The van der Waals surface area contributed by atoms with E-state index >= 15 is 0 Å². The van der Waals surface area contributed by atoms with E-state index < -0.39 is 0 Å². The molecule has 0 N–H and O–H groups in total. The Labute approximate surface area is 206 Å². The molecule has 0 saturated carbocycles. The van der Waals surface area contributed by atoms with Gasteiger partial charge in [0.05, 0.1) is 21.1 Å². The van der Waals surface area contributed by atoms with Crippen molar-refractivity contribution in [1.82, 2.24) is 9.55 Å². The molecule has 0 radical (unpaired) electrons. The van der Waals surface area contributed by atoms with Crippen LogP contribution in [0, 0.1) is 0 Å². The maximum atomic E-state index is 13.1. The number of anilines is 1. The number of halogens is 2. The first-order valence-corrected chi connectivity index (χ1v) is 11.9. The van der Waals surface area contributed by atoms with Crippen molar-refractivity contribution in [3.63, 3.8) is 0 Å². The first-order chi connectivity index (χ1) is 16.6. The minimum Gasteiger partial charge on any atom is -0.486 e. The second-order valence-electron chi connectivity index (χ2n) is 8.53. The highest BCUT2D eigenvalue weighted by Crippen LogP contribution is 2.38. The third-order valence-corrected chi connectivity index (χ3v) is 7.08. The number of para-hydroxylation sites is 2. The molecule has 3 aromatic carbocycles. The molecule has 1 amide bonds. The van der Waals surface area contributed by atoms with Crippen LogP contribution in [-0.4, -0.2) is 35.2 Å². The molecule has 0 spiro atoms. The van der Waals surface area contributed by atoms with Crippen molar-refractivity contribution in [2.24, 2.45) is 0 Å². The van der Waals surface area contributed by atoms with Crippen LogP contribution in [0.25, 0.3) is 11.0 Å².